The topological polar surface area (TPSA) is 75.8 Å². The molecular weight excluding hydrogens is 320 g/mol. The fourth-order valence-corrected chi connectivity index (χ4v) is 2.92. The van der Waals surface area contributed by atoms with Gasteiger partial charge in [0.15, 0.2) is 17.1 Å². The molecule has 1 N–H and O–H groups in total. The predicted molar refractivity (Wildman–Crippen MR) is 86.2 cm³/mol. The average Bonchev–Trinajstić information content (AvgIpc) is 3.01. The summed E-state index contributed by atoms with van der Waals surface area (Å²) in [6.45, 7) is 1.37. The summed E-state index contributed by atoms with van der Waals surface area (Å²) in [7, 11) is 1.69. The Labute approximate surface area is 138 Å². The minimum Gasteiger partial charge on any atom is -0.477 e. The van der Waals surface area contributed by atoms with Crippen molar-refractivity contribution in [1.82, 2.24) is 5.16 Å². The van der Waals surface area contributed by atoms with Gasteiger partial charge in [0, 0.05) is 30.8 Å². The van der Waals surface area contributed by atoms with Crippen LogP contribution in [-0.4, -0.2) is 42.5 Å². The van der Waals surface area contributed by atoms with Crippen molar-refractivity contribution in [2.45, 2.75) is 18.9 Å². The number of hydrogen-bond donors (Lipinski definition) is 1. The monoisotopic (exact) mass is 336 g/mol. The van der Waals surface area contributed by atoms with Gasteiger partial charge in [-0.05, 0) is 37.1 Å². The van der Waals surface area contributed by atoms with E-state index in [1.54, 1.807) is 31.4 Å². The van der Waals surface area contributed by atoms with Crippen LogP contribution in [0.2, 0.25) is 5.02 Å². The number of aromatic nitrogens is 1. The number of carboxylic acids is 1. The molecule has 0 spiro atoms. The number of halogens is 1. The number of hydrogen-bond acceptors (Lipinski definition) is 5. The SMILES string of the molecule is COC1CCN(c2noc(-c3ccc(Cl)cc3)c2C(=O)O)CC1. The van der Waals surface area contributed by atoms with Crippen LogP contribution < -0.4 is 4.90 Å². The summed E-state index contributed by atoms with van der Waals surface area (Å²) in [5.41, 5.74) is 0.723. The number of piperidine rings is 1. The van der Waals surface area contributed by atoms with Gasteiger partial charge in [0.1, 0.15) is 0 Å². The lowest BCUT2D eigenvalue weighted by atomic mass is 10.1. The Balaban J connectivity index is 1.93. The zero-order chi connectivity index (χ0) is 16.4. The van der Waals surface area contributed by atoms with Gasteiger partial charge >= 0.3 is 5.97 Å². The maximum atomic E-state index is 11.7. The molecule has 0 saturated carbocycles. The van der Waals surface area contributed by atoms with Crippen LogP contribution in [0.15, 0.2) is 28.8 Å². The van der Waals surface area contributed by atoms with E-state index in [-0.39, 0.29) is 17.4 Å². The fourth-order valence-electron chi connectivity index (χ4n) is 2.79. The molecule has 0 aliphatic carbocycles. The van der Waals surface area contributed by atoms with Gasteiger partial charge in [0.2, 0.25) is 0 Å². The lowest BCUT2D eigenvalue weighted by Crippen LogP contribution is -2.37. The fraction of sp³-hybridized carbons (Fsp3) is 0.375. The molecule has 6 nitrogen and oxygen atoms in total. The van der Waals surface area contributed by atoms with E-state index in [1.165, 1.54) is 0 Å². The first-order valence-corrected chi connectivity index (χ1v) is 7.74. The molecule has 2 heterocycles. The van der Waals surface area contributed by atoms with Crippen molar-refractivity contribution >= 4 is 23.4 Å². The third-order valence-corrected chi connectivity index (χ3v) is 4.32. The number of aromatic carboxylic acids is 1. The van der Waals surface area contributed by atoms with Crippen molar-refractivity contribution in [2.75, 3.05) is 25.1 Å². The van der Waals surface area contributed by atoms with E-state index in [0.717, 1.165) is 12.8 Å². The number of nitrogens with zero attached hydrogens (tertiary/aromatic N) is 2. The lowest BCUT2D eigenvalue weighted by molar-refractivity contribution is 0.0697. The van der Waals surface area contributed by atoms with Crippen molar-refractivity contribution in [3.63, 3.8) is 0 Å². The van der Waals surface area contributed by atoms with Crippen LogP contribution in [-0.2, 0) is 4.74 Å². The summed E-state index contributed by atoms with van der Waals surface area (Å²) in [6.07, 6.45) is 1.87. The van der Waals surface area contributed by atoms with E-state index >= 15 is 0 Å². The van der Waals surface area contributed by atoms with Crippen LogP contribution >= 0.6 is 11.6 Å². The first-order valence-electron chi connectivity index (χ1n) is 7.36. The van der Waals surface area contributed by atoms with Crippen molar-refractivity contribution in [2.24, 2.45) is 0 Å². The number of rotatable bonds is 4. The van der Waals surface area contributed by atoms with E-state index < -0.39 is 5.97 Å². The van der Waals surface area contributed by atoms with Crippen molar-refractivity contribution in [3.05, 3.63) is 34.9 Å². The Bertz CT molecular complexity index is 691. The molecule has 1 saturated heterocycles. The molecule has 0 unspecified atom stereocenters. The molecule has 1 aromatic heterocycles. The standard InChI is InChI=1S/C16H17ClN2O4/c1-22-12-6-8-19(9-7-12)15-13(16(20)21)14(23-18-15)10-2-4-11(17)5-3-10/h2-5,12H,6-9H2,1H3,(H,20,21). The summed E-state index contributed by atoms with van der Waals surface area (Å²) in [6, 6.07) is 6.82. The molecule has 1 aromatic carbocycles. The van der Waals surface area contributed by atoms with Crippen LogP contribution in [0.3, 0.4) is 0 Å². The second-order valence-corrected chi connectivity index (χ2v) is 5.88. The van der Waals surface area contributed by atoms with Gasteiger partial charge in [-0.15, -0.1) is 0 Å². The summed E-state index contributed by atoms with van der Waals surface area (Å²) in [4.78, 5) is 13.7. The first-order chi connectivity index (χ1) is 11.1. The van der Waals surface area contributed by atoms with E-state index in [0.29, 0.717) is 29.5 Å². The second-order valence-electron chi connectivity index (χ2n) is 5.44. The zero-order valence-corrected chi connectivity index (χ0v) is 13.4. The Morgan fingerprint density at radius 3 is 2.57 bits per heavy atom. The molecular formula is C16H17ClN2O4. The highest BCUT2D eigenvalue weighted by Gasteiger charge is 2.29. The van der Waals surface area contributed by atoms with E-state index in [9.17, 15) is 9.90 Å². The molecule has 0 atom stereocenters. The molecule has 1 aliphatic rings. The van der Waals surface area contributed by atoms with Gasteiger partial charge in [-0.25, -0.2) is 4.79 Å². The largest absolute Gasteiger partial charge is 0.477 e. The summed E-state index contributed by atoms with van der Waals surface area (Å²) in [5, 5.41) is 14.2. The van der Waals surface area contributed by atoms with Crippen LogP contribution in [0.1, 0.15) is 23.2 Å². The summed E-state index contributed by atoms with van der Waals surface area (Å²) >= 11 is 5.87. The van der Waals surface area contributed by atoms with E-state index in [4.69, 9.17) is 20.9 Å². The number of carbonyl (C=O) groups is 1. The highest BCUT2D eigenvalue weighted by Crippen LogP contribution is 2.33. The van der Waals surface area contributed by atoms with Gasteiger partial charge in [-0.3, -0.25) is 0 Å². The molecule has 122 valence electrons. The number of anilines is 1. The van der Waals surface area contributed by atoms with Gasteiger partial charge < -0.3 is 19.3 Å². The van der Waals surface area contributed by atoms with E-state index in [2.05, 4.69) is 5.16 Å². The minimum atomic E-state index is -1.06. The quantitative estimate of drug-likeness (QED) is 0.923. The third kappa shape index (κ3) is 3.18. The molecule has 1 aliphatic heterocycles. The van der Waals surface area contributed by atoms with Crippen LogP contribution in [0.5, 0.6) is 0 Å². The predicted octanol–water partition coefficient (Wildman–Crippen LogP) is 3.31. The zero-order valence-electron chi connectivity index (χ0n) is 12.7. The van der Waals surface area contributed by atoms with Crippen molar-refractivity contribution in [1.29, 1.82) is 0 Å². The lowest BCUT2D eigenvalue weighted by Gasteiger charge is -2.31. The third-order valence-electron chi connectivity index (χ3n) is 4.07. The summed E-state index contributed by atoms with van der Waals surface area (Å²) in [5.74, 6) is -0.435. The molecule has 0 bridgehead atoms. The Hall–Kier alpha value is -2.05. The number of methoxy groups -OCH3 is 1. The minimum absolute atomic E-state index is 0.0863. The maximum absolute atomic E-state index is 11.7. The molecule has 0 radical (unpaired) electrons. The van der Waals surface area contributed by atoms with E-state index in [1.807, 2.05) is 4.90 Å². The Morgan fingerprint density at radius 1 is 1.35 bits per heavy atom. The smallest absolute Gasteiger partial charge is 0.343 e. The molecule has 1 fully saturated rings. The second kappa shape index (κ2) is 6.60. The first kappa shape index (κ1) is 15.8. The number of carboxylic acid groups (broad SMARTS) is 1. The Kier molecular flexibility index (Phi) is 4.54. The van der Waals surface area contributed by atoms with Gasteiger partial charge in [0.05, 0.1) is 6.10 Å². The van der Waals surface area contributed by atoms with Crippen LogP contribution in [0.25, 0.3) is 11.3 Å². The van der Waals surface area contributed by atoms with Gasteiger partial charge in [0.25, 0.3) is 0 Å². The highest BCUT2D eigenvalue weighted by molar-refractivity contribution is 6.30. The Morgan fingerprint density at radius 2 is 2.00 bits per heavy atom. The number of ether oxygens (including phenoxy) is 1. The normalized spacial score (nSPS) is 15.8. The van der Waals surface area contributed by atoms with Gasteiger partial charge in [-0.1, -0.05) is 16.8 Å². The molecule has 3 rings (SSSR count). The average molecular weight is 337 g/mol. The van der Waals surface area contributed by atoms with Crippen LogP contribution in [0.4, 0.5) is 5.82 Å². The molecule has 2 aromatic rings. The maximum Gasteiger partial charge on any atom is 0.343 e. The van der Waals surface area contributed by atoms with Crippen LogP contribution in [0, 0.1) is 0 Å². The van der Waals surface area contributed by atoms with Crippen molar-refractivity contribution < 1.29 is 19.2 Å². The number of benzene rings is 1. The molecule has 7 heteroatoms. The van der Waals surface area contributed by atoms with Gasteiger partial charge in [-0.2, -0.15) is 0 Å². The van der Waals surface area contributed by atoms with Crippen molar-refractivity contribution in [3.8, 4) is 11.3 Å². The highest BCUT2D eigenvalue weighted by atomic mass is 35.5. The molecule has 0 amide bonds. The summed E-state index contributed by atoms with van der Waals surface area (Å²) < 4.78 is 10.7. The molecule has 23 heavy (non-hydrogen) atoms.